The fraction of sp³-hybridized carbons (Fsp3) is 0.615. The molecular weight excluding hydrogens is 212 g/mol. The summed E-state index contributed by atoms with van der Waals surface area (Å²) < 4.78 is 0. The normalized spacial score (nSPS) is 20.2. The second-order valence-corrected chi connectivity index (χ2v) is 4.53. The highest BCUT2D eigenvalue weighted by atomic mass is 15.3. The Labute approximate surface area is 103 Å². The number of nitrogens with two attached hydrogens (primary N) is 1. The topological polar surface area (TPSA) is 45.4 Å². The lowest BCUT2D eigenvalue weighted by molar-refractivity contribution is 0.232. The monoisotopic (exact) mass is 234 g/mol. The van der Waals surface area contributed by atoms with Gasteiger partial charge in [0.2, 0.25) is 0 Å². The zero-order valence-electron chi connectivity index (χ0n) is 10.8. The first-order valence-corrected chi connectivity index (χ1v) is 6.45. The van der Waals surface area contributed by atoms with E-state index >= 15 is 0 Å². The molecule has 0 amide bonds. The van der Waals surface area contributed by atoms with E-state index in [-0.39, 0.29) is 0 Å². The highest BCUT2D eigenvalue weighted by Gasteiger charge is 2.27. The van der Waals surface area contributed by atoms with E-state index in [0.717, 1.165) is 37.7 Å². The van der Waals surface area contributed by atoms with E-state index in [0.29, 0.717) is 6.04 Å². The third-order valence-electron chi connectivity index (χ3n) is 3.61. The van der Waals surface area contributed by atoms with Gasteiger partial charge in [-0.3, -0.25) is 4.90 Å². The van der Waals surface area contributed by atoms with Crippen LogP contribution in [0.2, 0.25) is 0 Å². The smallest absolute Gasteiger partial charge is 0.151 e. The summed E-state index contributed by atoms with van der Waals surface area (Å²) in [6.07, 6.45) is 3.02. The third kappa shape index (κ3) is 2.52. The Morgan fingerprint density at radius 1 is 1.47 bits per heavy atom. The highest BCUT2D eigenvalue weighted by molar-refractivity contribution is 5.62. The first kappa shape index (κ1) is 12.2. The quantitative estimate of drug-likeness (QED) is 0.859. The minimum absolute atomic E-state index is 0.645. The molecule has 0 saturated carbocycles. The van der Waals surface area contributed by atoms with Gasteiger partial charge in [-0.05, 0) is 31.6 Å². The molecule has 1 aliphatic heterocycles. The number of aromatic nitrogens is 1. The van der Waals surface area contributed by atoms with Gasteiger partial charge in [0, 0.05) is 25.3 Å². The van der Waals surface area contributed by atoms with Crippen LogP contribution >= 0.6 is 0 Å². The summed E-state index contributed by atoms with van der Waals surface area (Å²) in [5.74, 6) is 0.946. The fourth-order valence-corrected chi connectivity index (χ4v) is 2.65. The van der Waals surface area contributed by atoms with Gasteiger partial charge < -0.3 is 10.6 Å². The molecule has 94 valence electrons. The number of pyridine rings is 1. The van der Waals surface area contributed by atoms with Gasteiger partial charge in [-0.2, -0.15) is 0 Å². The summed E-state index contributed by atoms with van der Waals surface area (Å²) in [6, 6.07) is 4.45. The maximum absolute atomic E-state index is 5.97. The zero-order chi connectivity index (χ0) is 12.3. The molecule has 2 heterocycles. The van der Waals surface area contributed by atoms with Crippen LogP contribution in [0.4, 0.5) is 11.5 Å². The Kier molecular flexibility index (Phi) is 3.84. The van der Waals surface area contributed by atoms with Gasteiger partial charge in [-0.15, -0.1) is 0 Å². The van der Waals surface area contributed by atoms with Gasteiger partial charge in [0.05, 0.1) is 5.69 Å². The standard InChI is InChI=1S/C13H22N4/c1-3-16(4-2)11-7-9-17(10-11)13-12(14)6-5-8-15-13/h5-6,8,11H,3-4,7,9-10,14H2,1-2H3. The van der Waals surface area contributed by atoms with Crippen molar-refractivity contribution in [3.05, 3.63) is 18.3 Å². The minimum Gasteiger partial charge on any atom is -0.396 e. The van der Waals surface area contributed by atoms with E-state index in [1.54, 1.807) is 0 Å². The Hall–Kier alpha value is -1.29. The van der Waals surface area contributed by atoms with Crippen molar-refractivity contribution >= 4 is 11.5 Å². The van der Waals surface area contributed by atoms with Crippen LogP contribution in [0, 0.1) is 0 Å². The molecule has 1 fully saturated rings. The van der Waals surface area contributed by atoms with Crippen molar-refractivity contribution in [2.45, 2.75) is 26.3 Å². The van der Waals surface area contributed by atoms with Crippen LogP contribution < -0.4 is 10.6 Å². The zero-order valence-corrected chi connectivity index (χ0v) is 10.8. The van der Waals surface area contributed by atoms with Gasteiger partial charge in [0.25, 0.3) is 0 Å². The number of anilines is 2. The summed E-state index contributed by atoms with van der Waals surface area (Å²) in [7, 11) is 0. The number of nitrogens with zero attached hydrogens (tertiary/aromatic N) is 3. The average Bonchev–Trinajstić information content (AvgIpc) is 2.81. The van der Waals surface area contributed by atoms with E-state index < -0.39 is 0 Å². The summed E-state index contributed by atoms with van der Waals surface area (Å²) >= 11 is 0. The maximum atomic E-state index is 5.97. The summed E-state index contributed by atoms with van der Waals surface area (Å²) in [5, 5.41) is 0. The summed E-state index contributed by atoms with van der Waals surface area (Å²) in [5.41, 5.74) is 6.75. The lowest BCUT2D eigenvalue weighted by Gasteiger charge is -2.26. The predicted octanol–water partition coefficient (Wildman–Crippen LogP) is 1.58. The molecule has 2 rings (SSSR count). The first-order valence-electron chi connectivity index (χ1n) is 6.45. The van der Waals surface area contributed by atoms with Crippen LogP contribution in [0.15, 0.2) is 18.3 Å². The van der Waals surface area contributed by atoms with Gasteiger partial charge in [-0.1, -0.05) is 13.8 Å². The summed E-state index contributed by atoms with van der Waals surface area (Å²) in [6.45, 7) is 8.78. The molecule has 0 aliphatic carbocycles. The molecule has 1 unspecified atom stereocenters. The number of nitrogen functional groups attached to an aromatic ring is 1. The molecule has 1 aromatic heterocycles. The maximum Gasteiger partial charge on any atom is 0.151 e. The predicted molar refractivity (Wildman–Crippen MR) is 72.2 cm³/mol. The van der Waals surface area contributed by atoms with Crippen molar-refractivity contribution in [2.75, 3.05) is 36.8 Å². The molecule has 2 N–H and O–H groups in total. The Morgan fingerprint density at radius 2 is 2.24 bits per heavy atom. The number of hydrogen-bond donors (Lipinski definition) is 1. The molecule has 0 aromatic carbocycles. The van der Waals surface area contributed by atoms with Crippen LogP contribution in [-0.4, -0.2) is 42.1 Å². The molecule has 0 spiro atoms. The van der Waals surface area contributed by atoms with E-state index in [4.69, 9.17) is 5.73 Å². The van der Waals surface area contributed by atoms with Gasteiger partial charge in [-0.25, -0.2) is 4.98 Å². The van der Waals surface area contributed by atoms with Crippen molar-refractivity contribution < 1.29 is 0 Å². The Bertz CT molecular complexity index is 362. The van der Waals surface area contributed by atoms with Gasteiger partial charge >= 0.3 is 0 Å². The van der Waals surface area contributed by atoms with E-state index in [9.17, 15) is 0 Å². The van der Waals surface area contributed by atoms with Crippen LogP contribution in [0.1, 0.15) is 20.3 Å². The number of rotatable bonds is 4. The molecule has 1 atom stereocenters. The lowest BCUT2D eigenvalue weighted by Crippen LogP contribution is -2.37. The van der Waals surface area contributed by atoms with E-state index in [2.05, 4.69) is 28.6 Å². The van der Waals surface area contributed by atoms with Crippen LogP contribution in [0.3, 0.4) is 0 Å². The molecule has 1 saturated heterocycles. The molecule has 0 bridgehead atoms. The van der Waals surface area contributed by atoms with Crippen molar-refractivity contribution in [3.8, 4) is 0 Å². The molecule has 4 heteroatoms. The average molecular weight is 234 g/mol. The largest absolute Gasteiger partial charge is 0.396 e. The molecule has 4 nitrogen and oxygen atoms in total. The Balaban J connectivity index is 2.05. The number of hydrogen-bond acceptors (Lipinski definition) is 4. The highest BCUT2D eigenvalue weighted by Crippen LogP contribution is 2.25. The van der Waals surface area contributed by atoms with Crippen molar-refractivity contribution in [2.24, 2.45) is 0 Å². The Morgan fingerprint density at radius 3 is 2.88 bits per heavy atom. The minimum atomic E-state index is 0.645. The van der Waals surface area contributed by atoms with E-state index in [1.807, 2.05) is 18.3 Å². The molecule has 1 aromatic rings. The lowest BCUT2D eigenvalue weighted by atomic mass is 10.2. The van der Waals surface area contributed by atoms with Crippen molar-refractivity contribution in [1.82, 2.24) is 9.88 Å². The first-order chi connectivity index (χ1) is 8.26. The van der Waals surface area contributed by atoms with Crippen LogP contribution in [0.25, 0.3) is 0 Å². The van der Waals surface area contributed by atoms with Gasteiger partial charge in [0.15, 0.2) is 5.82 Å². The second-order valence-electron chi connectivity index (χ2n) is 4.53. The van der Waals surface area contributed by atoms with Crippen molar-refractivity contribution in [3.63, 3.8) is 0 Å². The van der Waals surface area contributed by atoms with Crippen LogP contribution in [-0.2, 0) is 0 Å². The molecule has 1 aliphatic rings. The molecule has 17 heavy (non-hydrogen) atoms. The summed E-state index contributed by atoms with van der Waals surface area (Å²) in [4.78, 5) is 9.21. The molecule has 0 radical (unpaired) electrons. The SMILES string of the molecule is CCN(CC)C1CCN(c2ncccc2N)C1. The van der Waals surface area contributed by atoms with Crippen molar-refractivity contribution in [1.29, 1.82) is 0 Å². The van der Waals surface area contributed by atoms with Crippen LogP contribution in [0.5, 0.6) is 0 Å². The fourth-order valence-electron chi connectivity index (χ4n) is 2.65. The van der Waals surface area contributed by atoms with E-state index in [1.165, 1.54) is 6.42 Å². The van der Waals surface area contributed by atoms with Gasteiger partial charge in [0.1, 0.15) is 0 Å². The second kappa shape index (κ2) is 5.36. The third-order valence-corrected chi connectivity index (χ3v) is 3.61. The number of likely N-dealkylation sites (N-methyl/N-ethyl adjacent to an activating group) is 1. The molecular formula is C13H22N4.